The summed E-state index contributed by atoms with van der Waals surface area (Å²) in [4.78, 5) is 24.5. The summed E-state index contributed by atoms with van der Waals surface area (Å²) >= 11 is 0. The predicted molar refractivity (Wildman–Crippen MR) is 92.5 cm³/mol. The Bertz CT molecular complexity index is 1000. The van der Waals surface area contributed by atoms with Gasteiger partial charge in [0.2, 0.25) is 0 Å². The first-order valence-electron chi connectivity index (χ1n) is 7.95. The maximum Gasteiger partial charge on any atom is 0.416 e. The highest BCUT2D eigenvalue weighted by Gasteiger charge is 2.37. The molecule has 1 aliphatic heterocycles. The highest BCUT2D eigenvalue weighted by molar-refractivity contribution is 6.25. The van der Waals surface area contributed by atoms with Crippen LogP contribution >= 0.6 is 0 Å². The molecule has 5 nitrogen and oxygen atoms in total. The second kappa shape index (κ2) is 7.22. The lowest BCUT2D eigenvalue weighted by Gasteiger charge is -2.09. The molecule has 2 aromatic carbocycles. The Labute approximate surface area is 157 Å². The predicted octanol–water partition coefficient (Wildman–Crippen LogP) is 4.12. The number of ether oxygens (including phenoxy) is 2. The molecule has 0 fully saturated rings. The van der Waals surface area contributed by atoms with Crippen molar-refractivity contribution in [3.63, 3.8) is 0 Å². The topological polar surface area (TPSA) is 72.8 Å². The molecule has 0 bridgehead atoms. The van der Waals surface area contributed by atoms with Gasteiger partial charge in [0.05, 0.1) is 12.7 Å². The van der Waals surface area contributed by atoms with Gasteiger partial charge in [0, 0.05) is 0 Å². The Morgan fingerprint density at radius 2 is 1.75 bits per heavy atom. The van der Waals surface area contributed by atoms with Crippen LogP contribution in [0.5, 0.6) is 0 Å². The van der Waals surface area contributed by atoms with Crippen LogP contribution < -0.4 is 0 Å². The van der Waals surface area contributed by atoms with Crippen LogP contribution in [0.15, 0.2) is 66.1 Å². The molecule has 1 aliphatic rings. The molecule has 1 heterocycles. The minimum absolute atomic E-state index is 0.190. The summed E-state index contributed by atoms with van der Waals surface area (Å²) in [5.41, 5.74) is -1.58. The van der Waals surface area contributed by atoms with Gasteiger partial charge in [-0.25, -0.2) is 9.59 Å². The molecule has 8 heteroatoms. The first-order valence-corrected chi connectivity index (χ1v) is 7.95. The Kier molecular flexibility index (Phi) is 4.96. The number of methoxy groups -OCH3 is 1. The van der Waals surface area contributed by atoms with Gasteiger partial charge >= 0.3 is 18.1 Å². The third-order valence-corrected chi connectivity index (χ3v) is 4.01. The van der Waals surface area contributed by atoms with E-state index in [1.165, 1.54) is 18.2 Å². The van der Waals surface area contributed by atoms with Gasteiger partial charge in [0.1, 0.15) is 11.1 Å². The summed E-state index contributed by atoms with van der Waals surface area (Å²) in [6, 6.07) is 11.9. The van der Waals surface area contributed by atoms with Crippen molar-refractivity contribution in [2.45, 2.75) is 6.18 Å². The number of benzene rings is 2. The van der Waals surface area contributed by atoms with E-state index >= 15 is 0 Å². The molecule has 0 aromatic heterocycles. The summed E-state index contributed by atoms with van der Waals surface area (Å²) in [6.45, 7) is 0. The van der Waals surface area contributed by atoms with E-state index in [2.05, 4.69) is 0 Å². The highest BCUT2D eigenvalue weighted by atomic mass is 19.4. The monoisotopic (exact) mass is 390 g/mol. The zero-order valence-electron chi connectivity index (χ0n) is 14.4. The smallest absolute Gasteiger partial charge is 0.416 e. The quantitative estimate of drug-likeness (QED) is 0.631. The minimum Gasteiger partial charge on any atom is -0.504 e. The van der Waals surface area contributed by atoms with E-state index in [1.54, 1.807) is 18.2 Å². The van der Waals surface area contributed by atoms with E-state index in [1.807, 2.05) is 0 Å². The SMILES string of the molecule is COC(=O)C(=C1OC(=O)C(c2cccc(C(F)(F)F)c2)=C1O)c1ccccc1. The molecular weight excluding hydrogens is 377 g/mol. The van der Waals surface area contributed by atoms with E-state index < -0.39 is 40.8 Å². The van der Waals surface area contributed by atoms with Gasteiger partial charge in [-0.3, -0.25) is 0 Å². The molecule has 2 aromatic rings. The number of aliphatic hydroxyl groups is 1. The summed E-state index contributed by atoms with van der Waals surface area (Å²) in [5, 5.41) is 10.5. The Morgan fingerprint density at radius 1 is 1.07 bits per heavy atom. The molecule has 28 heavy (non-hydrogen) atoms. The lowest BCUT2D eigenvalue weighted by Crippen LogP contribution is -2.09. The van der Waals surface area contributed by atoms with Crippen molar-refractivity contribution >= 4 is 23.1 Å². The fraction of sp³-hybridized carbons (Fsp3) is 0.100. The van der Waals surface area contributed by atoms with Crippen LogP contribution in [-0.4, -0.2) is 24.2 Å². The van der Waals surface area contributed by atoms with Gasteiger partial charge in [-0.15, -0.1) is 0 Å². The van der Waals surface area contributed by atoms with Crippen molar-refractivity contribution in [2.24, 2.45) is 0 Å². The van der Waals surface area contributed by atoms with Crippen LogP contribution in [0, 0.1) is 0 Å². The van der Waals surface area contributed by atoms with Crippen LogP contribution in [0.1, 0.15) is 16.7 Å². The first kappa shape index (κ1) is 19.2. The number of carbonyl (C=O) groups is 2. The van der Waals surface area contributed by atoms with Crippen LogP contribution in [0.25, 0.3) is 11.1 Å². The minimum atomic E-state index is -4.63. The molecule has 0 radical (unpaired) electrons. The van der Waals surface area contributed by atoms with E-state index in [4.69, 9.17) is 9.47 Å². The second-order valence-corrected chi connectivity index (χ2v) is 5.75. The summed E-state index contributed by atoms with van der Waals surface area (Å²) < 4.78 is 48.6. The summed E-state index contributed by atoms with van der Waals surface area (Å²) in [5.74, 6) is -3.18. The van der Waals surface area contributed by atoms with E-state index in [-0.39, 0.29) is 11.1 Å². The van der Waals surface area contributed by atoms with Gasteiger partial charge in [0.15, 0.2) is 11.5 Å². The average molecular weight is 390 g/mol. The third-order valence-electron chi connectivity index (χ3n) is 4.01. The molecule has 0 spiro atoms. The number of hydrogen-bond acceptors (Lipinski definition) is 5. The highest BCUT2D eigenvalue weighted by Crippen LogP contribution is 2.38. The molecule has 3 rings (SSSR count). The number of aliphatic hydroxyl groups excluding tert-OH is 1. The molecule has 0 unspecified atom stereocenters. The standard InChI is InChI=1S/C20H13F3O5/c1-27-18(25)15(11-6-3-2-4-7-11)17-16(24)14(19(26)28-17)12-8-5-9-13(10-12)20(21,22)23/h2-10,24H,1H3. The van der Waals surface area contributed by atoms with Crippen LogP contribution in [0.3, 0.4) is 0 Å². The molecule has 144 valence electrons. The number of halogens is 3. The molecule has 0 atom stereocenters. The Balaban J connectivity index is 2.20. The van der Waals surface area contributed by atoms with Crippen LogP contribution in [0.4, 0.5) is 13.2 Å². The Hall–Kier alpha value is -3.55. The average Bonchev–Trinajstić information content (AvgIpc) is 2.96. The molecule has 0 saturated carbocycles. The first-order chi connectivity index (χ1) is 13.2. The van der Waals surface area contributed by atoms with Crippen LogP contribution in [-0.2, 0) is 25.2 Å². The maximum absolute atomic E-state index is 13.0. The number of rotatable bonds is 3. The van der Waals surface area contributed by atoms with Gasteiger partial charge < -0.3 is 14.6 Å². The number of carbonyl (C=O) groups excluding carboxylic acids is 2. The third kappa shape index (κ3) is 3.48. The van der Waals surface area contributed by atoms with Crippen molar-refractivity contribution < 1.29 is 37.3 Å². The van der Waals surface area contributed by atoms with E-state index in [9.17, 15) is 27.9 Å². The molecular formula is C20H13F3O5. The van der Waals surface area contributed by atoms with Crippen molar-refractivity contribution in [3.8, 4) is 0 Å². The number of alkyl halides is 3. The van der Waals surface area contributed by atoms with Crippen molar-refractivity contribution in [2.75, 3.05) is 7.11 Å². The van der Waals surface area contributed by atoms with Gasteiger partial charge in [-0.1, -0.05) is 42.5 Å². The summed E-state index contributed by atoms with van der Waals surface area (Å²) in [7, 11) is 1.11. The zero-order chi connectivity index (χ0) is 20.5. The largest absolute Gasteiger partial charge is 0.504 e. The fourth-order valence-corrected chi connectivity index (χ4v) is 2.73. The van der Waals surface area contributed by atoms with Crippen molar-refractivity contribution in [3.05, 3.63) is 82.8 Å². The summed E-state index contributed by atoms with van der Waals surface area (Å²) in [6.07, 6.45) is -4.63. The normalized spacial score (nSPS) is 16.1. The molecule has 1 N–H and O–H groups in total. The van der Waals surface area contributed by atoms with Crippen molar-refractivity contribution in [1.82, 2.24) is 0 Å². The molecule has 0 saturated heterocycles. The number of esters is 2. The zero-order valence-corrected chi connectivity index (χ0v) is 14.4. The molecule has 0 aliphatic carbocycles. The van der Waals surface area contributed by atoms with Crippen molar-refractivity contribution in [1.29, 1.82) is 0 Å². The number of hydrogen-bond donors (Lipinski definition) is 1. The van der Waals surface area contributed by atoms with Gasteiger partial charge in [-0.05, 0) is 23.3 Å². The van der Waals surface area contributed by atoms with Gasteiger partial charge in [0.25, 0.3) is 0 Å². The van der Waals surface area contributed by atoms with E-state index in [0.717, 1.165) is 25.3 Å². The maximum atomic E-state index is 13.0. The second-order valence-electron chi connectivity index (χ2n) is 5.75. The van der Waals surface area contributed by atoms with Gasteiger partial charge in [-0.2, -0.15) is 13.2 Å². The van der Waals surface area contributed by atoms with E-state index in [0.29, 0.717) is 5.56 Å². The lowest BCUT2D eigenvalue weighted by molar-refractivity contribution is -0.138. The fourth-order valence-electron chi connectivity index (χ4n) is 2.73. The number of cyclic esters (lactones) is 1. The Morgan fingerprint density at radius 3 is 2.36 bits per heavy atom. The molecule has 0 amide bonds. The lowest BCUT2D eigenvalue weighted by atomic mass is 10.00. The van der Waals surface area contributed by atoms with Crippen LogP contribution in [0.2, 0.25) is 0 Å².